The fourth-order valence-corrected chi connectivity index (χ4v) is 3.13. The molecular weight excluding hydrogens is 431 g/mol. The summed E-state index contributed by atoms with van der Waals surface area (Å²) >= 11 is 0. The summed E-state index contributed by atoms with van der Waals surface area (Å²) in [5.41, 5.74) is 2.52. The molecule has 1 N–H and O–H groups in total. The summed E-state index contributed by atoms with van der Waals surface area (Å²) in [6, 6.07) is 17.3. The SMILES string of the molecule is O=C([O-])c1cc(C(=O)[O-])cc(-c2cccc3c2[nH]c2ccccc23)c1.[Cd+2]. The minimum absolute atomic E-state index is 0. The van der Waals surface area contributed by atoms with Gasteiger partial charge in [-0.25, -0.2) is 0 Å². The largest absolute Gasteiger partial charge is 2.00 e. The van der Waals surface area contributed by atoms with Crippen molar-refractivity contribution in [1.29, 1.82) is 0 Å². The van der Waals surface area contributed by atoms with Crippen LogP contribution in [-0.4, -0.2) is 16.9 Å². The van der Waals surface area contributed by atoms with Crippen molar-refractivity contribution in [2.75, 3.05) is 0 Å². The van der Waals surface area contributed by atoms with E-state index in [1.165, 1.54) is 12.1 Å². The molecule has 0 radical (unpaired) electrons. The number of para-hydroxylation sites is 2. The van der Waals surface area contributed by atoms with Gasteiger partial charge in [-0.3, -0.25) is 0 Å². The number of aromatic amines is 1. The zero-order valence-corrected chi connectivity index (χ0v) is 17.6. The molecule has 0 spiro atoms. The standard InChI is InChI=1S/C20H13NO4.Cd/c22-19(23)12-8-11(9-13(10-12)20(24)25)14-5-3-6-16-15-4-1-2-7-17(15)21-18(14)16;/h1-10,21H,(H,22,23)(H,24,25);/q;+2/p-2. The van der Waals surface area contributed by atoms with Gasteiger partial charge in [0.2, 0.25) is 0 Å². The van der Waals surface area contributed by atoms with Gasteiger partial charge in [-0.1, -0.05) is 36.4 Å². The van der Waals surface area contributed by atoms with Gasteiger partial charge in [-0.2, -0.15) is 0 Å². The molecule has 0 amide bonds. The van der Waals surface area contributed by atoms with Crippen LogP contribution in [0.1, 0.15) is 20.7 Å². The number of aromatic carboxylic acids is 2. The van der Waals surface area contributed by atoms with E-state index in [0.29, 0.717) is 11.1 Å². The van der Waals surface area contributed by atoms with Crippen LogP contribution >= 0.6 is 0 Å². The van der Waals surface area contributed by atoms with Gasteiger partial charge in [0.05, 0.1) is 17.5 Å². The first-order valence-corrected chi connectivity index (χ1v) is 7.62. The average Bonchev–Trinajstić information content (AvgIpc) is 3.00. The van der Waals surface area contributed by atoms with Crippen molar-refractivity contribution < 1.29 is 47.1 Å². The van der Waals surface area contributed by atoms with Crippen LogP contribution in [0.2, 0.25) is 0 Å². The van der Waals surface area contributed by atoms with Crippen molar-refractivity contribution in [2.45, 2.75) is 0 Å². The maximum atomic E-state index is 11.2. The monoisotopic (exact) mass is 443 g/mol. The van der Waals surface area contributed by atoms with Gasteiger partial charge < -0.3 is 24.8 Å². The van der Waals surface area contributed by atoms with Crippen molar-refractivity contribution in [3.8, 4) is 11.1 Å². The van der Waals surface area contributed by atoms with E-state index in [2.05, 4.69) is 4.98 Å². The topological polar surface area (TPSA) is 96.0 Å². The molecule has 1 aromatic heterocycles. The van der Waals surface area contributed by atoms with Gasteiger partial charge in [0.15, 0.2) is 0 Å². The number of aromatic nitrogens is 1. The van der Waals surface area contributed by atoms with Crippen LogP contribution in [0.25, 0.3) is 32.9 Å². The third-order valence-corrected chi connectivity index (χ3v) is 4.26. The van der Waals surface area contributed by atoms with Crippen molar-refractivity contribution in [2.24, 2.45) is 0 Å². The summed E-state index contributed by atoms with van der Waals surface area (Å²) in [7, 11) is 0. The smallest absolute Gasteiger partial charge is 0.545 e. The van der Waals surface area contributed by atoms with E-state index in [-0.39, 0.29) is 38.4 Å². The Morgan fingerprint density at radius 2 is 1.38 bits per heavy atom. The van der Waals surface area contributed by atoms with E-state index in [1.807, 2.05) is 42.5 Å². The summed E-state index contributed by atoms with van der Waals surface area (Å²) in [4.78, 5) is 25.8. The Bertz CT molecular complexity index is 1130. The molecule has 0 fully saturated rings. The molecule has 4 aromatic rings. The van der Waals surface area contributed by atoms with Gasteiger partial charge in [-0.15, -0.1) is 0 Å². The van der Waals surface area contributed by atoms with E-state index in [1.54, 1.807) is 0 Å². The van der Waals surface area contributed by atoms with Crippen LogP contribution in [-0.2, 0) is 27.3 Å². The number of carbonyl (C=O) groups excluding carboxylic acids is 2. The van der Waals surface area contributed by atoms with E-state index in [4.69, 9.17) is 0 Å². The van der Waals surface area contributed by atoms with Gasteiger partial charge in [0.1, 0.15) is 0 Å². The fourth-order valence-electron chi connectivity index (χ4n) is 3.13. The van der Waals surface area contributed by atoms with Crippen LogP contribution < -0.4 is 10.2 Å². The molecule has 26 heavy (non-hydrogen) atoms. The minimum Gasteiger partial charge on any atom is -0.545 e. The third-order valence-electron chi connectivity index (χ3n) is 4.26. The number of H-pyrrole nitrogens is 1. The summed E-state index contributed by atoms with van der Waals surface area (Å²) < 4.78 is 0. The molecule has 1 heterocycles. The summed E-state index contributed by atoms with van der Waals surface area (Å²) in [6.07, 6.45) is 0. The molecule has 3 aromatic carbocycles. The van der Waals surface area contributed by atoms with E-state index < -0.39 is 11.9 Å². The number of hydrogen-bond acceptors (Lipinski definition) is 4. The van der Waals surface area contributed by atoms with Gasteiger partial charge in [-0.05, 0) is 41.0 Å². The van der Waals surface area contributed by atoms with Crippen LogP contribution in [0, 0.1) is 0 Å². The predicted octanol–water partition coefficient (Wildman–Crippen LogP) is 1.71. The minimum atomic E-state index is -1.44. The molecule has 0 aliphatic rings. The van der Waals surface area contributed by atoms with Crippen LogP contribution in [0.15, 0.2) is 60.7 Å². The maximum Gasteiger partial charge on any atom is 2.00 e. The number of benzene rings is 3. The Hall–Kier alpha value is -2.68. The first-order valence-electron chi connectivity index (χ1n) is 7.62. The van der Waals surface area contributed by atoms with Crippen molar-refractivity contribution in [3.05, 3.63) is 71.8 Å². The molecule has 0 bridgehead atoms. The number of hydrogen-bond donors (Lipinski definition) is 1. The zero-order chi connectivity index (χ0) is 17.6. The van der Waals surface area contributed by atoms with Crippen molar-refractivity contribution >= 4 is 33.7 Å². The molecule has 0 unspecified atom stereocenters. The molecule has 0 saturated heterocycles. The molecule has 122 valence electrons. The Kier molecular flexibility index (Phi) is 4.82. The number of fused-ring (bicyclic) bond motifs is 3. The normalized spacial score (nSPS) is 10.6. The average molecular weight is 442 g/mol. The molecular formula is C20H11CdNO4. The second-order valence-corrected chi connectivity index (χ2v) is 5.77. The second-order valence-electron chi connectivity index (χ2n) is 5.77. The van der Waals surface area contributed by atoms with E-state index in [0.717, 1.165) is 27.9 Å². The number of carbonyl (C=O) groups is 2. The number of carboxylic acid groups (broad SMARTS) is 2. The van der Waals surface area contributed by atoms with Gasteiger partial charge in [0, 0.05) is 21.9 Å². The number of carboxylic acids is 2. The first-order chi connectivity index (χ1) is 12.0. The summed E-state index contributed by atoms with van der Waals surface area (Å²) in [6.45, 7) is 0. The quantitative estimate of drug-likeness (QED) is 0.490. The predicted molar refractivity (Wildman–Crippen MR) is 89.9 cm³/mol. The van der Waals surface area contributed by atoms with Crippen LogP contribution in [0.5, 0.6) is 0 Å². The Morgan fingerprint density at radius 1 is 0.769 bits per heavy atom. The van der Waals surface area contributed by atoms with Crippen LogP contribution in [0.3, 0.4) is 0 Å². The Labute approximate surface area is 168 Å². The molecule has 0 saturated carbocycles. The first kappa shape index (κ1) is 18.1. The number of nitrogens with one attached hydrogen (secondary N) is 1. The molecule has 4 rings (SSSR count). The molecule has 6 heteroatoms. The van der Waals surface area contributed by atoms with Gasteiger partial charge >= 0.3 is 27.3 Å². The Morgan fingerprint density at radius 3 is 2.04 bits per heavy atom. The summed E-state index contributed by atoms with van der Waals surface area (Å²) in [5, 5.41) is 24.5. The van der Waals surface area contributed by atoms with Gasteiger partial charge in [0.25, 0.3) is 0 Å². The molecule has 0 aliphatic heterocycles. The summed E-state index contributed by atoms with van der Waals surface area (Å²) in [5.74, 6) is -2.87. The fraction of sp³-hybridized carbons (Fsp3) is 0. The molecule has 0 aliphatic carbocycles. The van der Waals surface area contributed by atoms with E-state index in [9.17, 15) is 19.8 Å². The van der Waals surface area contributed by atoms with E-state index >= 15 is 0 Å². The zero-order valence-electron chi connectivity index (χ0n) is 13.6. The number of rotatable bonds is 3. The maximum absolute atomic E-state index is 11.2. The molecule has 5 nitrogen and oxygen atoms in total. The Balaban J connectivity index is 0.00000196. The van der Waals surface area contributed by atoms with Crippen LogP contribution in [0.4, 0.5) is 0 Å². The van der Waals surface area contributed by atoms with Crippen molar-refractivity contribution in [1.82, 2.24) is 4.98 Å². The second kappa shape index (κ2) is 6.91. The van der Waals surface area contributed by atoms with Crippen molar-refractivity contribution in [3.63, 3.8) is 0 Å². The third kappa shape index (κ3) is 2.98. The molecule has 0 atom stereocenters.